The van der Waals surface area contributed by atoms with E-state index in [4.69, 9.17) is 77.6 Å². The molecule has 1 atom stereocenters. The van der Waals surface area contributed by atoms with Gasteiger partial charge in [0.15, 0.2) is 0 Å². The summed E-state index contributed by atoms with van der Waals surface area (Å²) in [6.45, 7) is -5.98. The Kier molecular flexibility index (Phi) is 5.09. The van der Waals surface area contributed by atoms with Crippen LogP contribution in [0.1, 0.15) is 5.56 Å². The Morgan fingerprint density at radius 2 is 1.42 bits per heavy atom. The van der Waals surface area contributed by atoms with E-state index in [1.165, 1.54) is 0 Å². The van der Waals surface area contributed by atoms with E-state index in [2.05, 4.69) is 0 Å². The third-order valence-corrected chi connectivity index (χ3v) is 29.2. The molecule has 0 bridgehead atoms. The van der Waals surface area contributed by atoms with Crippen molar-refractivity contribution in [3.63, 3.8) is 0 Å². The molecular weight excluding hydrogens is 441 g/mol. The third-order valence-electron chi connectivity index (χ3n) is 2.86. The maximum Gasteiger partial charge on any atom is 0.344 e. The van der Waals surface area contributed by atoms with Gasteiger partial charge in [-0.2, -0.15) is 0 Å². The SMILES string of the molecule is Cl[Si](Cl)(Cl)C1[Si](Cl)(Cl)C=C(c2ccccc2)[Si]1(Cl)Cl. The molecule has 1 heterocycles. The van der Waals surface area contributed by atoms with Gasteiger partial charge >= 0.3 is 6.00 Å². The average molecular weight is 448 g/mol. The lowest BCUT2D eigenvalue weighted by Gasteiger charge is -2.31. The van der Waals surface area contributed by atoms with Gasteiger partial charge in [0, 0.05) is 4.79 Å². The molecule has 0 nitrogen and oxygen atoms in total. The minimum Gasteiger partial charge on any atom is -0.140 e. The van der Waals surface area contributed by atoms with Gasteiger partial charge in [-0.05, 0) is 10.8 Å². The zero-order valence-corrected chi connectivity index (χ0v) is 17.5. The van der Waals surface area contributed by atoms with E-state index < -0.39 is 24.2 Å². The molecule has 0 amide bonds. The van der Waals surface area contributed by atoms with E-state index in [0.29, 0.717) is 0 Å². The van der Waals surface area contributed by atoms with E-state index in [1.54, 1.807) is 5.70 Å². The Morgan fingerprint density at radius 1 is 0.895 bits per heavy atom. The molecule has 0 fully saturated rings. The Labute approximate surface area is 147 Å². The van der Waals surface area contributed by atoms with E-state index in [9.17, 15) is 0 Å². The normalized spacial score (nSPS) is 25.2. The van der Waals surface area contributed by atoms with Crippen LogP contribution in [0.15, 0.2) is 36.0 Å². The van der Waals surface area contributed by atoms with E-state index in [1.807, 2.05) is 30.3 Å². The van der Waals surface area contributed by atoms with Crippen LogP contribution in [-0.2, 0) is 0 Å². The van der Waals surface area contributed by atoms with Crippen molar-refractivity contribution in [3.05, 3.63) is 41.6 Å². The predicted octanol–water partition coefficient (Wildman–Crippen LogP) is 6.11. The van der Waals surface area contributed by atoms with Crippen LogP contribution >= 0.6 is 77.6 Å². The van der Waals surface area contributed by atoms with Gasteiger partial charge in [-0.15, -0.1) is 77.6 Å². The molecule has 10 heteroatoms. The molecular formula is C9H7Cl7Si3. The van der Waals surface area contributed by atoms with Crippen LogP contribution in [0.4, 0.5) is 0 Å². The van der Waals surface area contributed by atoms with Crippen molar-refractivity contribution in [2.24, 2.45) is 0 Å². The molecule has 1 aromatic rings. The first-order chi connectivity index (χ1) is 8.57. The molecule has 0 aromatic heterocycles. The summed E-state index contributed by atoms with van der Waals surface area (Å²) in [6.07, 6.45) is 0. The van der Waals surface area contributed by atoms with Crippen LogP contribution < -0.4 is 0 Å². The van der Waals surface area contributed by atoms with Crippen LogP contribution in [-0.4, -0.2) is 19.4 Å². The van der Waals surface area contributed by atoms with Gasteiger partial charge in [0.2, 0.25) is 0 Å². The molecule has 1 unspecified atom stereocenters. The maximum atomic E-state index is 6.59. The summed E-state index contributed by atoms with van der Waals surface area (Å²) >= 11 is 44.4. The first-order valence-corrected chi connectivity index (χ1v) is 18.6. The molecule has 0 N–H and O–H groups in total. The Morgan fingerprint density at radius 3 is 1.84 bits per heavy atom. The smallest absolute Gasteiger partial charge is 0.140 e. The molecule has 0 aliphatic carbocycles. The summed E-state index contributed by atoms with van der Waals surface area (Å²) in [4.78, 5) is -0.584. The van der Waals surface area contributed by atoms with Gasteiger partial charge in [-0.3, -0.25) is 0 Å². The summed E-state index contributed by atoms with van der Waals surface area (Å²) in [5, 5.41) is 0.761. The van der Waals surface area contributed by atoms with Crippen molar-refractivity contribution in [1.82, 2.24) is 0 Å². The van der Waals surface area contributed by atoms with Crippen molar-refractivity contribution in [1.29, 1.82) is 0 Å². The third kappa shape index (κ3) is 3.36. The lowest BCUT2D eigenvalue weighted by molar-refractivity contribution is 1.64. The lowest BCUT2D eigenvalue weighted by Crippen LogP contribution is -2.46. The highest BCUT2D eigenvalue weighted by Gasteiger charge is 2.67. The summed E-state index contributed by atoms with van der Waals surface area (Å²) in [7, 11) is 0. The minimum atomic E-state index is -3.21. The van der Waals surface area contributed by atoms with Crippen LogP contribution in [0.5, 0.6) is 0 Å². The Bertz CT molecular complexity index is 508. The maximum absolute atomic E-state index is 6.59. The van der Waals surface area contributed by atoms with Crippen molar-refractivity contribution in [2.45, 2.75) is 4.79 Å². The summed E-state index contributed by atoms with van der Waals surface area (Å²) in [6, 6.07) is 6.27. The van der Waals surface area contributed by atoms with Crippen molar-refractivity contribution >= 4 is 102 Å². The topological polar surface area (TPSA) is 0 Å². The standard InChI is InChI=1S/C9H7Cl7Si3/c10-17(11)6-8(7-4-2-1-3-5-7)18(12,13)9(17)19(14,15)16/h1-6,9H. The number of hydrogen-bond donors (Lipinski definition) is 0. The van der Waals surface area contributed by atoms with Crippen LogP contribution in [0.2, 0.25) is 4.79 Å². The second kappa shape index (κ2) is 5.69. The zero-order chi connectivity index (χ0) is 14.5. The first-order valence-electron chi connectivity index (χ1n) is 5.18. The van der Waals surface area contributed by atoms with Gasteiger partial charge in [0.1, 0.15) is 0 Å². The van der Waals surface area contributed by atoms with E-state index >= 15 is 0 Å². The molecule has 19 heavy (non-hydrogen) atoms. The van der Waals surface area contributed by atoms with Crippen LogP contribution in [0.25, 0.3) is 5.20 Å². The molecule has 1 aromatic carbocycles. The first kappa shape index (κ1) is 17.0. The monoisotopic (exact) mass is 444 g/mol. The molecule has 0 saturated carbocycles. The highest BCUT2D eigenvalue weighted by Crippen LogP contribution is 2.61. The number of benzene rings is 1. The van der Waals surface area contributed by atoms with Crippen molar-refractivity contribution < 1.29 is 0 Å². The highest BCUT2D eigenvalue weighted by atomic mass is 35.8. The van der Waals surface area contributed by atoms with Gasteiger partial charge in [0.25, 0.3) is 13.4 Å². The van der Waals surface area contributed by atoms with Crippen molar-refractivity contribution in [2.75, 3.05) is 0 Å². The number of rotatable bonds is 2. The fourth-order valence-electron chi connectivity index (χ4n) is 2.09. The summed E-state index contributed by atoms with van der Waals surface area (Å²) < 4.78 is 0. The van der Waals surface area contributed by atoms with Gasteiger partial charge < -0.3 is 0 Å². The highest BCUT2D eigenvalue weighted by molar-refractivity contribution is 7.80. The molecule has 0 spiro atoms. The molecule has 0 saturated heterocycles. The van der Waals surface area contributed by atoms with E-state index in [-0.39, 0.29) is 0 Å². The molecule has 0 radical (unpaired) electrons. The predicted molar refractivity (Wildman–Crippen MR) is 96.4 cm³/mol. The van der Waals surface area contributed by atoms with Crippen molar-refractivity contribution in [3.8, 4) is 0 Å². The fraction of sp³-hybridized carbons (Fsp3) is 0.111. The summed E-state index contributed by atoms with van der Waals surface area (Å²) in [5.74, 6) is 0. The molecule has 104 valence electrons. The average Bonchev–Trinajstić information content (AvgIpc) is 2.44. The quantitative estimate of drug-likeness (QED) is 0.379. The second-order valence-corrected chi connectivity index (χ2v) is 27.8. The van der Waals surface area contributed by atoms with Gasteiger partial charge in [-0.25, -0.2) is 0 Å². The number of halogens is 7. The Balaban J connectivity index is 2.54. The van der Waals surface area contributed by atoms with E-state index in [0.717, 1.165) is 10.8 Å². The zero-order valence-electron chi connectivity index (χ0n) is 9.19. The largest absolute Gasteiger partial charge is 0.344 e. The second-order valence-electron chi connectivity index (χ2n) is 4.20. The lowest BCUT2D eigenvalue weighted by atomic mass is 10.2. The summed E-state index contributed by atoms with van der Waals surface area (Å²) in [5.41, 5.74) is 2.65. The van der Waals surface area contributed by atoms with Crippen LogP contribution in [0, 0.1) is 0 Å². The fourth-order valence-corrected chi connectivity index (χ4v) is 43.8. The molecule has 2 rings (SSSR count). The number of hydrogen-bond acceptors (Lipinski definition) is 0. The van der Waals surface area contributed by atoms with Gasteiger partial charge in [-0.1, -0.05) is 36.0 Å². The van der Waals surface area contributed by atoms with Crippen LogP contribution in [0.3, 0.4) is 0 Å². The molecule has 1 aliphatic rings. The Hall–Kier alpha value is 1.64. The minimum absolute atomic E-state index is 0.584. The van der Waals surface area contributed by atoms with Gasteiger partial charge in [0.05, 0.1) is 0 Å². The molecule has 1 aliphatic heterocycles.